The second kappa shape index (κ2) is 5.76. The maximum absolute atomic E-state index is 11.9. The molecule has 6 rings (SSSR count). The number of methoxy groups -OCH3 is 1. The standard InChI is InChI=1S/C21H19NO5/c1-26-10-13-8-17(23)27-16-9-14(6-7-15(13)16)22-20(24)18-11-2-3-12(5-4-11)19(18)21(22)25/h2-3,6-9,11-12,24-25H,4-5,10H2,1H3/t11-,12+. The van der Waals surface area contributed by atoms with Crippen molar-refractivity contribution in [3.63, 3.8) is 0 Å². The molecule has 0 saturated heterocycles. The van der Waals surface area contributed by atoms with Crippen LogP contribution >= 0.6 is 0 Å². The van der Waals surface area contributed by atoms with Crippen LogP contribution in [0.1, 0.15) is 41.4 Å². The summed E-state index contributed by atoms with van der Waals surface area (Å²) in [4.78, 5) is 11.9. The first-order valence-electron chi connectivity index (χ1n) is 8.99. The predicted molar refractivity (Wildman–Crippen MR) is 99.7 cm³/mol. The highest BCUT2D eigenvalue weighted by molar-refractivity contribution is 5.82. The molecule has 2 N–H and O–H groups in total. The zero-order chi connectivity index (χ0) is 18.7. The van der Waals surface area contributed by atoms with Crippen LogP contribution in [0.3, 0.4) is 0 Å². The van der Waals surface area contributed by atoms with E-state index in [1.807, 2.05) is 6.07 Å². The van der Waals surface area contributed by atoms with E-state index in [4.69, 9.17) is 9.15 Å². The first-order valence-corrected chi connectivity index (χ1v) is 8.99. The number of allylic oxidation sites excluding steroid dienone is 2. The topological polar surface area (TPSA) is 84.8 Å². The van der Waals surface area contributed by atoms with Gasteiger partial charge in [-0.1, -0.05) is 12.2 Å². The van der Waals surface area contributed by atoms with Gasteiger partial charge in [-0.25, -0.2) is 4.79 Å². The fourth-order valence-corrected chi connectivity index (χ4v) is 4.49. The Morgan fingerprint density at radius 1 is 1.11 bits per heavy atom. The van der Waals surface area contributed by atoms with Crippen molar-refractivity contribution in [2.45, 2.75) is 31.3 Å². The smallest absolute Gasteiger partial charge is 0.336 e. The van der Waals surface area contributed by atoms with Crippen LogP contribution in [0.25, 0.3) is 16.7 Å². The minimum atomic E-state index is -0.464. The molecule has 6 heteroatoms. The summed E-state index contributed by atoms with van der Waals surface area (Å²) in [6.07, 6.45) is 6.16. The van der Waals surface area contributed by atoms with Gasteiger partial charge in [0, 0.05) is 47.6 Å². The summed E-state index contributed by atoms with van der Waals surface area (Å²) in [6.45, 7) is 0.296. The van der Waals surface area contributed by atoms with Gasteiger partial charge in [-0.3, -0.25) is 4.57 Å². The maximum atomic E-state index is 11.9. The molecule has 0 amide bonds. The summed E-state index contributed by atoms with van der Waals surface area (Å²) in [7, 11) is 1.57. The summed E-state index contributed by atoms with van der Waals surface area (Å²) < 4.78 is 11.9. The van der Waals surface area contributed by atoms with Crippen molar-refractivity contribution in [3.05, 3.63) is 63.5 Å². The van der Waals surface area contributed by atoms with E-state index in [9.17, 15) is 15.0 Å². The van der Waals surface area contributed by atoms with E-state index in [0.29, 0.717) is 17.9 Å². The van der Waals surface area contributed by atoms with Crippen molar-refractivity contribution in [1.29, 1.82) is 0 Å². The number of nitrogens with zero attached hydrogens (tertiary/aromatic N) is 1. The molecule has 3 aromatic rings. The monoisotopic (exact) mass is 365 g/mol. The summed E-state index contributed by atoms with van der Waals surface area (Å²) in [5.41, 5.74) is 2.82. The Bertz CT molecular complexity index is 1120. The molecule has 27 heavy (non-hydrogen) atoms. The SMILES string of the molecule is COCc1cc(=O)oc2cc(-n3c(O)c4c(c3O)[C@H]3C=C[C@@H]4CC3)ccc12. The summed E-state index contributed by atoms with van der Waals surface area (Å²) in [5, 5.41) is 22.5. The second-order valence-corrected chi connectivity index (χ2v) is 7.19. The summed E-state index contributed by atoms with van der Waals surface area (Å²) in [6, 6.07) is 6.68. The zero-order valence-corrected chi connectivity index (χ0v) is 14.8. The molecule has 3 aliphatic rings. The van der Waals surface area contributed by atoms with Gasteiger partial charge in [0.05, 0.1) is 12.3 Å². The van der Waals surface area contributed by atoms with E-state index in [2.05, 4.69) is 12.2 Å². The Morgan fingerprint density at radius 2 is 1.78 bits per heavy atom. The number of aromatic hydroxyl groups is 2. The van der Waals surface area contributed by atoms with Crippen LogP contribution in [0.15, 0.2) is 45.6 Å². The van der Waals surface area contributed by atoms with Crippen LogP contribution < -0.4 is 5.63 Å². The van der Waals surface area contributed by atoms with Crippen molar-refractivity contribution >= 4 is 11.0 Å². The van der Waals surface area contributed by atoms with E-state index >= 15 is 0 Å². The van der Waals surface area contributed by atoms with Gasteiger partial charge in [0.25, 0.3) is 0 Å². The Labute approximate surface area is 154 Å². The lowest BCUT2D eigenvalue weighted by Crippen LogP contribution is -2.15. The van der Waals surface area contributed by atoms with Gasteiger partial charge < -0.3 is 19.4 Å². The van der Waals surface area contributed by atoms with Crippen molar-refractivity contribution in [2.75, 3.05) is 7.11 Å². The lowest BCUT2D eigenvalue weighted by molar-refractivity contribution is 0.185. The van der Waals surface area contributed by atoms with E-state index in [-0.39, 0.29) is 23.6 Å². The number of hydrogen-bond donors (Lipinski definition) is 2. The lowest BCUT2D eigenvalue weighted by atomic mass is 9.73. The second-order valence-electron chi connectivity index (χ2n) is 7.19. The fraction of sp³-hybridized carbons (Fsp3) is 0.286. The van der Waals surface area contributed by atoms with Gasteiger partial charge >= 0.3 is 5.63 Å². The zero-order valence-electron chi connectivity index (χ0n) is 14.8. The Hall–Kier alpha value is -2.99. The third kappa shape index (κ3) is 2.26. The molecule has 2 atom stereocenters. The number of benzene rings is 1. The van der Waals surface area contributed by atoms with E-state index in [1.54, 1.807) is 19.2 Å². The van der Waals surface area contributed by atoms with Crippen LogP contribution in [0.2, 0.25) is 0 Å². The quantitative estimate of drug-likeness (QED) is 0.546. The fourth-order valence-electron chi connectivity index (χ4n) is 4.49. The highest BCUT2D eigenvalue weighted by Gasteiger charge is 2.38. The van der Waals surface area contributed by atoms with Gasteiger partial charge in [0.1, 0.15) is 5.58 Å². The summed E-state index contributed by atoms with van der Waals surface area (Å²) in [5.74, 6) is 0.361. The molecule has 0 unspecified atom stereocenters. The molecular formula is C21H19NO5. The lowest BCUT2D eigenvalue weighted by Gasteiger charge is -2.30. The number of hydrogen-bond acceptors (Lipinski definition) is 5. The largest absolute Gasteiger partial charge is 0.494 e. The van der Waals surface area contributed by atoms with Crippen molar-refractivity contribution in [3.8, 4) is 17.4 Å². The molecular weight excluding hydrogens is 346 g/mol. The van der Waals surface area contributed by atoms with E-state index in [1.165, 1.54) is 10.6 Å². The first-order chi connectivity index (χ1) is 13.1. The van der Waals surface area contributed by atoms with Gasteiger partial charge in [0.15, 0.2) is 0 Å². The predicted octanol–water partition coefficient (Wildman–Crippen LogP) is 3.67. The molecule has 0 radical (unpaired) electrons. The molecule has 0 fully saturated rings. The third-order valence-electron chi connectivity index (χ3n) is 5.67. The van der Waals surface area contributed by atoms with E-state index in [0.717, 1.165) is 34.9 Å². The highest BCUT2D eigenvalue weighted by atomic mass is 16.5. The number of aromatic nitrogens is 1. The molecule has 0 aliphatic heterocycles. The number of fused-ring (bicyclic) bond motifs is 2. The molecule has 2 heterocycles. The van der Waals surface area contributed by atoms with Gasteiger partial charge in [-0.15, -0.1) is 0 Å². The Morgan fingerprint density at radius 3 is 2.37 bits per heavy atom. The van der Waals surface area contributed by atoms with Crippen molar-refractivity contribution in [2.24, 2.45) is 0 Å². The number of ether oxygens (including phenoxy) is 1. The third-order valence-corrected chi connectivity index (χ3v) is 5.67. The van der Waals surface area contributed by atoms with Crippen LogP contribution in [0.5, 0.6) is 11.8 Å². The maximum Gasteiger partial charge on any atom is 0.336 e. The van der Waals surface area contributed by atoms with Crippen LogP contribution in [0, 0.1) is 0 Å². The van der Waals surface area contributed by atoms with Crippen LogP contribution in [-0.2, 0) is 11.3 Å². The minimum Gasteiger partial charge on any atom is -0.494 e. The molecule has 2 aromatic heterocycles. The molecule has 2 bridgehead atoms. The van der Waals surface area contributed by atoms with Gasteiger partial charge in [-0.2, -0.15) is 0 Å². The molecule has 1 aromatic carbocycles. The van der Waals surface area contributed by atoms with Crippen molar-refractivity contribution < 1.29 is 19.4 Å². The molecule has 6 nitrogen and oxygen atoms in total. The van der Waals surface area contributed by atoms with Crippen LogP contribution in [0.4, 0.5) is 0 Å². The van der Waals surface area contributed by atoms with Crippen molar-refractivity contribution in [1.82, 2.24) is 4.57 Å². The Balaban J connectivity index is 1.72. The first kappa shape index (κ1) is 16.2. The van der Waals surface area contributed by atoms with Gasteiger partial charge in [-0.05, 0) is 30.5 Å². The van der Waals surface area contributed by atoms with Crippen LogP contribution in [-0.4, -0.2) is 21.9 Å². The highest BCUT2D eigenvalue weighted by Crippen LogP contribution is 2.54. The molecule has 138 valence electrons. The minimum absolute atomic E-state index is 0.0521. The molecule has 0 spiro atoms. The normalized spacial score (nSPS) is 20.3. The van der Waals surface area contributed by atoms with Gasteiger partial charge in [0.2, 0.25) is 11.8 Å². The Kier molecular flexibility index (Phi) is 3.45. The average Bonchev–Trinajstić information content (AvgIpc) is 2.95. The molecule has 3 aliphatic carbocycles. The van der Waals surface area contributed by atoms with E-state index < -0.39 is 5.63 Å². The molecule has 0 saturated carbocycles. The summed E-state index contributed by atoms with van der Waals surface area (Å²) >= 11 is 0. The number of rotatable bonds is 3. The average molecular weight is 365 g/mol.